The van der Waals surface area contributed by atoms with Crippen LogP contribution < -0.4 is 24.0 Å². The van der Waals surface area contributed by atoms with Crippen LogP contribution in [0.5, 0.6) is 17.2 Å². The van der Waals surface area contributed by atoms with Gasteiger partial charge in [0.15, 0.2) is 11.5 Å². The lowest BCUT2D eigenvalue weighted by Crippen LogP contribution is -2.34. The number of ether oxygens (including phenoxy) is 3. The molecule has 0 radical (unpaired) electrons. The lowest BCUT2D eigenvalue weighted by Gasteiger charge is -2.32. The van der Waals surface area contributed by atoms with Crippen LogP contribution in [0, 0.1) is 0 Å². The van der Waals surface area contributed by atoms with E-state index in [1.807, 2.05) is 30.3 Å². The summed E-state index contributed by atoms with van der Waals surface area (Å²) in [6.07, 6.45) is 0.263. The third-order valence-electron chi connectivity index (χ3n) is 5.30. The van der Waals surface area contributed by atoms with Crippen LogP contribution in [0.15, 0.2) is 47.3 Å². The van der Waals surface area contributed by atoms with Gasteiger partial charge in [-0.05, 0) is 42.0 Å². The fourth-order valence-electron chi connectivity index (χ4n) is 3.82. The lowest BCUT2D eigenvalue weighted by atomic mass is 9.90. The van der Waals surface area contributed by atoms with Crippen LogP contribution in [0.4, 0.5) is 11.5 Å². The number of carbonyl (C=O) groups excluding carboxylic acids is 1. The highest BCUT2D eigenvalue weighted by atomic mass is 32.1. The Labute approximate surface area is 170 Å². The van der Waals surface area contributed by atoms with Crippen molar-refractivity contribution in [3.05, 3.63) is 62.6 Å². The molecule has 8 heteroatoms. The predicted octanol–water partition coefficient (Wildman–Crippen LogP) is 3.38. The van der Waals surface area contributed by atoms with E-state index in [1.54, 1.807) is 35.8 Å². The Morgan fingerprint density at radius 2 is 1.83 bits per heavy atom. The van der Waals surface area contributed by atoms with Crippen molar-refractivity contribution in [3.63, 3.8) is 0 Å². The first-order valence-corrected chi connectivity index (χ1v) is 9.94. The van der Waals surface area contributed by atoms with Crippen molar-refractivity contribution >= 4 is 28.7 Å². The van der Waals surface area contributed by atoms with Gasteiger partial charge in [0, 0.05) is 19.4 Å². The van der Waals surface area contributed by atoms with E-state index in [2.05, 4.69) is 0 Å². The second-order valence-corrected chi connectivity index (χ2v) is 7.90. The molecule has 0 bridgehead atoms. The fraction of sp³-hybridized carbons (Fsp3) is 0.238. The summed E-state index contributed by atoms with van der Waals surface area (Å²) in [7, 11) is 3.29. The summed E-state index contributed by atoms with van der Waals surface area (Å²) in [5, 5.41) is 0. The molecule has 3 heterocycles. The first-order chi connectivity index (χ1) is 14.1. The van der Waals surface area contributed by atoms with Crippen LogP contribution in [0.3, 0.4) is 0 Å². The van der Waals surface area contributed by atoms with Gasteiger partial charge in [0.2, 0.25) is 12.7 Å². The first kappa shape index (κ1) is 17.8. The Morgan fingerprint density at radius 3 is 2.59 bits per heavy atom. The highest BCUT2D eigenvalue weighted by Crippen LogP contribution is 2.46. The molecule has 5 rings (SSSR count). The standard InChI is InChI=1S/C21H18N2O5S/c1-22-20-19(29-21(22)25)15(12-3-8-16-17(9-12)28-11-27-16)10-18(24)23(20)13-4-6-14(26-2)7-5-13/h3-9,15H,10-11H2,1-2H3. The summed E-state index contributed by atoms with van der Waals surface area (Å²) in [5.41, 5.74) is 1.63. The van der Waals surface area contributed by atoms with Crippen molar-refractivity contribution in [1.29, 1.82) is 0 Å². The van der Waals surface area contributed by atoms with Crippen LogP contribution in [0.2, 0.25) is 0 Å². The summed E-state index contributed by atoms with van der Waals surface area (Å²) >= 11 is 1.18. The zero-order valence-electron chi connectivity index (χ0n) is 15.9. The Hall–Kier alpha value is -3.26. The van der Waals surface area contributed by atoms with Gasteiger partial charge in [0.25, 0.3) is 0 Å². The van der Waals surface area contributed by atoms with E-state index in [0.29, 0.717) is 28.8 Å². The van der Waals surface area contributed by atoms with Crippen molar-refractivity contribution in [1.82, 2.24) is 4.57 Å². The van der Waals surface area contributed by atoms with Crippen molar-refractivity contribution < 1.29 is 19.0 Å². The smallest absolute Gasteiger partial charge is 0.308 e. The van der Waals surface area contributed by atoms with Gasteiger partial charge in [-0.25, -0.2) is 0 Å². The van der Waals surface area contributed by atoms with Gasteiger partial charge in [-0.2, -0.15) is 0 Å². The summed E-state index contributed by atoms with van der Waals surface area (Å²) < 4.78 is 17.6. The summed E-state index contributed by atoms with van der Waals surface area (Å²) in [6.45, 7) is 0.192. The summed E-state index contributed by atoms with van der Waals surface area (Å²) in [4.78, 5) is 28.1. The Morgan fingerprint density at radius 1 is 1.07 bits per heavy atom. The molecule has 1 aromatic heterocycles. The highest BCUT2D eigenvalue weighted by Gasteiger charge is 2.37. The van der Waals surface area contributed by atoms with Gasteiger partial charge in [0.05, 0.1) is 17.7 Å². The number of fused-ring (bicyclic) bond motifs is 2. The van der Waals surface area contributed by atoms with Gasteiger partial charge in [-0.3, -0.25) is 19.1 Å². The zero-order chi connectivity index (χ0) is 20.1. The van der Waals surface area contributed by atoms with Crippen LogP contribution in [0.1, 0.15) is 22.8 Å². The third kappa shape index (κ3) is 2.79. The molecule has 1 amide bonds. The second-order valence-electron chi connectivity index (χ2n) is 6.91. The van der Waals surface area contributed by atoms with Crippen LogP contribution in [-0.4, -0.2) is 24.4 Å². The number of rotatable bonds is 3. The minimum atomic E-state index is -0.208. The van der Waals surface area contributed by atoms with Crippen molar-refractivity contribution in [2.45, 2.75) is 12.3 Å². The van der Waals surface area contributed by atoms with E-state index in [-0.39, 0.29) is 29.9 Å². The second kappa shape index (κ2) is 6.66. The SMILES string of the molecule is COc1ccc(N2C(=O)CC(c3ccc4c(c3)OCO4)c3sc(=O)n(C)c32)cc1. The van der Waals surface area contributed by atoms with Gasteiger partial charge in [-0.15, -0.1) is 0 Å². The fourth-order valence-corrected chi connectivity index (χ4v) is 4.91. The number of methoxy groups -OCH3 is 1. The Kier molecular flexibility index (Phi) is 4.09. The monoisotopic (exact) mass is 410 g/mol. The number of hydrogen-bond donors (Lipinski definition) is 0. The predicted molar refractivity (Wildman–Crippen MR) is 109 cm³/mol. The molecule has 29 heavy (non-hydrogen) atoms. The molecule has 2 aliphatic heterocycles. The topological polar surface area (TPSA) is 70.0 Å². The number of carbonyl (C=O) groups is 1. The van der Waals surface area contributed by atoms with Gasteiger partial charge in [0.1, 0.15) is 11.6 Å². The van der Waals surface area contributed by atoms with Crippen molar-refractivity contribution in [2.24, 2.45) is 7.05 Å². The van der Waals surface area contributed by atoms with Gasteiger partial charge < -0.3 is 14.2 Å². The minimum Gasteiger partial charge on any atom is -0.497 e. The molecular weight excluding hydrogens is 392 g/mol. The molecule has 148 valence electrons. The number of thiazole rings is 1. The highest BCUT2D eigenvalue weighted by molar-refractivity contribution is 7.10. The van der Waals surface area contributed by atoms with Gasteiger partial charge >= 0.3 is 4.87 Å². The molecule has 0 spiro atoms. The molecule has 2 aromatic carbocycles. The van der Waals surface area contributed by atoms with Crippen molar-refractivity contribution in [2.75, 3.05) is 18.8 Å². The largest absolute Gasteiger partial charge is 0.497 e. The number of nitrogens with zero attached hydrogens (tertiary/aromatic N) is 2. The Bertz CT molecular complexity index is 1160. The maximum absolute atomic E-state index is 13.2. The average molecular weight is 410 g/mol. The number of aromatic nitrogens is 1. The number of benzene rings is 2. The first-order valence-electron chi connectivity index (χ1n) is 9.13. The Balaban J connectivity index is 1.62. The number of amides is 1. The molecule has 0 fully saturated rings. The normalized spacial score (nSPS) is 17.4. The van der Waals surface area contributed by atoms with Crippen LogP contribution in [0.25, 0.3) is 0 Å². The third-order valence-corrected chi connectivity index (χ3v) is 6.43. The maximum atomic E-state index is 13.2. The van der Waals surface area contributed by atoms with E-state index < -0.39 is 0 Å². The maximum Gasteiger partial charge on any atom is 0.308 e. The molecule has 7 nitrogen and oxygen atoms in total. The van der Waals surface area contributed by atoms with Crippen LogP contribution >= 0.6 is 11.3 Å². The molecular formula is C21H18N2O5S. The lowest BCUT2D eigenvalue weighted by molar-refractivity contribution is -0.118. The van der Waals surface area contributed by atoms with E-state index >= 15 is 0 Å². The molecule has 1 unspecified atom stereocenters. The summed E-state index contributed by atoms with van der Waals surface area (Å²) in [5.74, 6) is 2.40. The molecule has 3 aromatic rings. The number of anilines is 2. The molecule has 2 aliphatic rings. The van der Waals surface area contributed by atoms with E-state index in [9.17, 15) is 9.59 Å². The van der Waals surface area contributed by atoms with E-state index in [0.717, 1.165) is 10.4 Å². The average Bonchev–Trinajstić information content (AvgIpc) is 3.32. The molecule has 0 saturated carbocycles. The summed E-state index contributed by atoms with van der Waals surface area (Å²) in [6, 6.07) is 12.9. The number of hydrogen-bond acceptors (Lipinski definition) is 6. The zero-order valence-corrected chi connectivity index (χ0v) is 16.7. The van der Waals surface area contributed by atoms with E-state index in [1.165, 1.54) is 11.3 Å². The molecule has 0 N–H and O–H groups in total. The molecule has 0 saturated heterocycles. The van der Waals surface area contributed by atoms with Crippen LogP contribution in [-0.2, 0) is 11.8 Å². The minimum absolute atomic E-state index is 0.0706. The molecule has 0 aliphatic carbocycles. The van der Waals surface area contributed by atoms with E-state index in [4.69, 9.17) is 14.2 Å². The molecule has 1 atom stereocenters. The quantitative estimate of drug-likeness (QED) is 0.662. The van der Waals surface area contributed by atoms with Crippen molar-refractivity contribution in [3.8, 4) is 17.2 Å². The van der Waals surface area contributed by atoms with Gasteiger partial charge in [-0.1, -0.05) is 17.4 Å².